The number of benzene rings is 1. The van der Waals surface area contributed by atoms with Crippen molar-refractivity contribution in [3.05, 3.63) is 39.4 Å². The van der Waals surface area contributed by atoms with E-state index in [1.165, 1.54) is 24.0 Å². The van der Waals surface area contributed by atoms with Crippen LogP contribution in [0, 0.1) is 10.1 Å². The minimum absolute atomic E-state index is 0.101. The molecule has 4 amide bonds. The molecule has 0 bridgehead atoms. The van der Waals surface area contributed by atoms with Gasteiger partial charge >= 0.3 is 0 Å². The lowest BCUT2D eigenvalue weighted by molar-refractivity contribution is -0.385. The minimum atomic E-state index is -1.21. The number of imide groups is 1. The average Bonchev–Trinajstić information content (AvgIpc) is 2.88. The first-order chi connectivity index (χ1) is 13.1. The van der Waals surface area contributed by atoms with Crippen LogP contribution in [0.5, 0.6) is 0 Å². The molecule has 0 aliphatic carbocycles. The predicted octanol–water partition coefficient (Wildman–Crippen LogP) is 0.952. The fourth-order valence-corrected chi connectivity index (χ4v) is 3.05. The van der Waals surface area contributed by atoms with Crippen LogP contribution < -0.4 is 5.32 Å². The van der Waals surface area contributed by atoms with Crippen molar-refractivity contribution in [2.75, 3.05) is 13.1 Å². The zero-order valence-corrected chi connectivity index (χ0v) is 16.1. The molecule has 10 heteroatoms. The lowest BCUT2D eigenvalue weighted by Crippen LogP contribution is -2.52. The van der Waals surface area contributed by atoms with E-state index in [1.807, 2.05) is 0 Å². The van der Waals surface area contributed by atoms with E-state index < -0.39 is 34.4 Å². The Morgan fingerprint density at radius 1 is 1.21 bits per heavy atom. The second kappa shape index (κ2) is 8.15. The third kappa shape index (κ3) is 3.85. The van der Waals surface area contributed by atoms with E-state index in [-0.39, 0.29) is 36.2 Å². The van der Waals surface area contributed by atoms with E-state index in [0.717, 1.165) is 6.07 Å². The number of amides is 4. The van der Waals surface area contributed by atoms with Crippen molar-refractivity contribution in [1.29, 1.82) is 0 Å². The van der Waals surface area contributed by atoms with Crippen molar-refractivity contribution in [2.24, 2.45) is 0 Å². The molecular weight excluding hydrogens is 368 g/mol. The van der Waals surface area contributed by atoms with Gasteiger partial charge in [0.05, 0.1) is 17.0 Å². The zero-order chi connectivity index (χ0) is 21.2. The molecule has 1 N–H and O–H groups in total. The molecule has 0 aromatic heterocycles. The van der Waals surface area contributed by atoms with Crippen LogP contribution in [0.15, 0.2) is 18.2 Å². The minimum Gasteiger partial charge on any atom is -0.352 e. The fourth-order valence-electron chi connectivity index (χ4n) is 3.05. The molecule has 10 nitrogen and oxygen atoms in total. The van der Waals surface area contributed by atoms with Gasteiger partial charge in [0, 0.05) is 18.7 Å². The van der Waals surface area contributed by atoms with Crippen LogP contribution in [0.3, 0.4) is 0 Å². The molecule has 1 atom stereocenters. The molecule has 0 spiro atoms. The highest BCUT2D eigenvalue weighted by Gasteiger charge is 2.45. The van der Waals surface area contributed by atoms with Crippen LogP contribution in [-0.4, -0.2) is 63.5 Å². The van der Waals surface area contributed by atoms with Gasteiger partial charge in [0.2, 0.25) is 11.8 Å². The lowest BCUT2D eigenvalue weighted by atomic mass is 10.1. The van der Waals surface area contributed by atoms with Crippen LogP contribution in [-0.2, 0) is 9.59 Å². The maximum Gasteiger partial charge on any atom is 0.282 e. The van der Waals surface area contributed by atoms with Gasteiger partial charge in [-0.05, 0) is 33.8 Å². The summed E-state index contributed by atoms with van der Waals surface area (Å²) in [5.74, 6) is -2.63. The standard InChI is InChI=1S/C18H22N4O6/c1-5-20(9-14(23)19-10(2)3)16(24)11(4)21-17(25)12-7-6-8-13(22(27)28)15(12)18(21)26/h6-8,10-11H,5,9H2,1-4H3,(H,19,23)/t11-/m0/s1. The second-order valence-electron chi connectivity index (χ2n) is 6.69. The van der Waals surface area contributed by atoms with Crippen molar-refractivity contribution in [3.8, 4) is 0 Å². The Balaban J connectivity index is 2.27. The van der Waals surface area contributed by atoms with Crippen molar-refractivity contribution in [1.82, 2.24) is 15.1 Å². The Bertz CT molecular complexity index is 850. The maximum absolute atomic E-state index is 12.8. The Labute approximate surface area is 161 Å². The first-order valence-electron chi connectivity index (χ1n) is 8.83. The number of carbonyl (C=O) groups is 4. The summed E-state index contributed by atoms with van der Waals surface area (Å²) in [5, 5.41) is 13.9. The fraction of sp³-hybridized carbons (Fsp3) is 0.444. The molecule has 1 aliphatic heterocycles. The number of nitro benzene ring substituents is 1. The van der Waals surface area contributed by atoms with Gasteiger partial charge in [-0.2, -0.15) is 0 Å². The quantitative estimate of drug-likeness (QED) is 0.419. The smallest absolute Gasteiger partial charge is 0.282 e. The third-order valence-corrected chi connectivity index (χ3v) is 4.34. The summed E-state index contributed by atoms with van der Waals surface area (Å²) in [4.78, 5) is 62.5. The van der Waals surface area contributed by atoms with Crippen molar-refractivity contribution < 1.29 is 24.1 Å². The Kier molecular flexibility index (Phi) is 6.12. The highest BCUT2D eigenvalue weighted by Crippen LogP contribution is 2.32. The van der Waals surface area contributed by atoms with Crippen LogP contribution in [0.1, 0.15) is 48.4 Å². The summed E-state index contributed by atoms with van der Waals surface area (Å²) in [7, 11) is 0. The van der Waals surface area contributed by atoms with E-state index in [0.29, 0.717) is 4.90 Å². The summed E-state index contributed by atoms with van der Waals surface area (Å²) >= 11 is 0. The highest BCUT2D eigenvalue weighted by atomic mass is 16.6. The van der Waals surface area contributed by atoms with E-state index in [1.54, 1.807) is 20.8 Å². The molecule has 0 fully saturated rings. The SMILES string of the molecule is CCN(CC(=O)NC(C)C)C(=O)[C@H](C)N1C(=O)c2cccc([N+](=O)[O-])c2C1=O. The number of hydrogen-bond donors (Lipinski definition) is 1. The van der Waals surface area contributed by atoms with Crippen LogP contribution in [0.25, 0.3) is 0 Å². The largest absolute Gasteiger partial charge is 0.352 e. The molecule has 0 radical (unpaired) electrons. The molecule has 0 saturated carbocycles. The van der Waals surface area contributed by atoms with Gasteiger partial charge in [0.25, 0.3) is 17.5 Å². The number of nitrogens with one attached hydrogen (secondary N) is 1. The van der Waals surface area contributed by atoms with E-state index in [4.69, 9.17) is 0 Å². The molecule has 2 rings (SSSR count). The van der Waals surface area contributed by atoms with E-state index >= 15 is 0 Å². The molecular formula is C18H22N4O6. The predicted molar refractivity (Wildman–Crippen MR) is 98.6 cm³/mol. The normalized spacial score (nSPS) is 14.1. The summed E-state index contributed by atoms with van der Waals surface area (Å²) in [6, 6.07) is 2.45. The zero-order valence-electron chi connectivity index (χ0n) is 16.1. The number of nitrogens with zero attached hydrogens (tertiary/aromatic N) is 3. The van der Waals surface area contributed by atoms with Gasteiger partial charge < -0.3 is 10.2 Å². The number of carbonyl (C=O) groups excluding carboxylic acids is 4. The number of hydrogen-bond acceptors (Lipinski definition) is 6. The molecule has 1 aromatic rings. The van der Waals surface area contributed by atoms with Crippen molar-refractivity contribution in [3.63, 3.8) is 0 Å². The van der Waals surface area contributed by atoms with Gasteiger partial charge in [-0.25, -0.2) is 0 Å². The molecule has 0 saturated heterocycles. The van der Waals surface area contributed by atoms with Crippen molar-refractivity contribution in [2.45, 2.75) is 39.8 Å². The molecule has 28 heavy (non-hydrogen) atoms. The second-order valence-corrected chi connectivity index (χ2v) is 6.69. The summed E-state index contributed by atoms with van der Waals surface area (Å²) < 4.78 is 0. The Morgan fingerprint density at radius 3 is 2.39 bits per heavy atom. The Hall–Kier alpha value is -3.30. The van der Waals surface area contributed by atoms with Crippen molar-refractivity contribution >= 4 is 29.3 Å². The van der Waals surface area contributed by atoms with E-state index in [9.17, 15) is 29.3 Å². The van der Waals surface area contributed by atoms with Gasteiger partial charge in [0.15, 0.2) is 0 Å². The first kappa shape index (κ1) is 21.0. The van der Waals surface area contributed by atoms with Crippen LogP contribution in [0.2, 0.25) is 0 Å². The monoisotopic (exact) mass is 390 g/mol. The Morgan fingerprint density at radius 2 is 1.86 bits per heavy atom. The molecule has 1 aliphatic rings. The highest BCUT2D eigenvalue weighted by molar-refractivity contribution is 6.24. The number of nitro groups is 1. The van der Waals surface area contributed by atoms with Crippen LogP contribution in [0.4, 0.5) is 5.69 Å². The topological polar surface area (TPSA) is 130 Å². The lowest BCUT2D eigenvalue weighted by Gasteiger charge is -2.28. The van der Waals surface area contributed by atoms with E-state index in [2.05, 4.69) is 5.32 Å². The number of rotatable bonds is 7. The summed E-state index contributed by atoms with van der Waals surface area (Å²) in [6.45, 7) is 6.56. The number of likely N-dealkylation sites (N-methyl/N-ethyl adjacent to an activating group) is 1. The summed E-state index contributed by atoms with van der Waals surface area (Å²) in [5.41, 5.74) is -0.918. The van der Waals surface area contributed by atoms with Crippen LogP contribution >= 0.6 is 0 Å². The first-order valence-corrected chi connectivity index (χ1v) is 8.83. The number of fused-ring (bicyclic) bond motifs is 1. The maximum atomic E-state index is 12.8. The van der Waals surface area contributed by atoms with Gasteiger partial charge in [-0.3, -0.25) is 34.2 Å². The van der Waals surface area contributed by atoms with Gasteiger partial charge in [0.1, 0.15) is 11.6 Å². The summed E-state index contributed by atoms with van der Waals surface area (Å²) in [6.07, 6.45) is 0. The molecule has 150 valence electrons. The third-order valence-electron chi connectivity index (χ3n) is 4.34. The molecule has 1 heterocycles. The molecule has 1 aromatic carbocycles. The average molecular weight is 390 g/mol. The molecule has 0 unspecified atom stereocenters. The van der Waals surface area contributed by atoms with Gasteiger partial charge in [-0.1, -0.05) is 6.07 Å². The van der Waals surface area contributed by atoms with Gasteiger partial charge in [-0.15, -0.1) is 0 Å².